The average Bonchev–Trinajstić information content (AvgIpc) is 2.62. The number of Topliss-reactive ketones (excluding diaryl/α,β-unsaturated/α-hetero) is 1. The highest BCUT2D eigenvalue weighted by Gasteiger charge is 2.55. The van der Waals surface area contributed by atoms with Crippen LogP contribution in [0.15, 0.2) is 0 Å². The number of esters is 1. The molecule has 0 spiro atoms. The first-order valence-corrected chi connectivity index (χ1v) is 4.26. The first kappa shape index (κ1) is 9.23. The van der Waals surface area contributed by atoms with Crippen molar-refractivity contribution in [1.82, 2.24) is 0 Å². The Morgan fingerprint density at radius 3 is 2.25 bits per heavy atom. The Bertz CT molecular complexity index is 210. The van der Waals surface area contributed by atoms with E-state index in [2.05, 4.69) is 0 Å². The van der Waals surface area contributed by atoms with Crippen LogP contribution >= 0.6 is 0 Å². The maximum atomic E-state index is 11.2. The summed E-state index contributed by atoms with van der Waals surface area (Å²) < 4.78 is 4.83. The zero-order valence-corrected chi connectivity index (χ0v) is 7.66. The minimum atomic E-state index is -0.217. The van der Waals surface area contributed by atoms with Crippen molar-refractivity contribution in [2.24, 2.45) is 17.8 Å². The second-order valence-corrected chi connectivity index (χ2v) is 3.27. The number of ketones is 1. The fraction of sp³-hybridized carbons (Fsp3) is 0.778. The van der Waals surface area contributed by atoms with Gasteiger partial charge in [0.1, 0.15) is 5.78 Å². The summed E-state index contributed by atoms with van der Waals surface area (Å²) in [6.45, 7) is 5.61. The smallest absolute Gasteiger partial charge is 0.309 e. The zero-order valence-electron chi connectivity index (χ0n) is 7.66. The molecule has 0 aromatic carbocycles. The topological polar surface area (TPSA) is 43.4 Å². The molecule has 1 aliphatic carbocycles. The molecule has 0 aromatic rings. The van der Waals surface area contributed by atoms with Crippen molar-refractivity contribution < 1.29 is 14.3 Å². The van der Waals surface area contributed by atoms with E-state index in [9.17, 15) is 9.59 Å². The van der Waals surface area contributed by atoms with Crippen LogP contribution in [0.4, 0.5) is 0 Å². The Hall–Kier alpha value is -0.860. The van der Waals surface area contributed by atoms with Crippen LogP contribution in [-0.2, 0) is 14.3 Å². The lowest BCUT2D eigenvalue weighted by Gasteiger charge is -1.98. The van der Waals surface area contributed by atoms with Crippen LogP contribution in [0.2, 0.25) is 0 Å². The van der Waals surface area contributed by atoms with Crippen LogP contribution in [0.25, 0.3) is 0 Å². The third-order valence-corrected chi connectivity index (χ3v) is 2.41. The number of hydrogen-bond donors (Lipinski definition) is 0. The molecule has 0 saturated heterocycles. The number of hydrogen-bond acceptors (Lipinski definition) is 3. The van der Waals surface area contributed by atoms with Crippen LogP contribution < -0.4 is 0 Å². The highest BCUT2D eigenvalue weighted by atomic mass is 16.5. The number of ether oxygens (including phenoxy) is 1. The summed E-state index contributed by atoms with van der Waals surface area (Å²) >= 11 is 0. The molecular weight excluding hydrogens is 156 g/mol. The van der Waals surface area contributed by atoms with Crippen molar-refractivity contribution in [2.75, 3.05) is 6.61 Å². The Morgan fingerprint density at radius 1 is 1.33 bits per heavy atom. The van der Waals surface area contributed by atoms with Crippen molar-refractivity contribution >= 4 is 11.8 Å². The predicted molar refractivity (Wildman–Crippen MR) is 43.5 cm³/mol. The predicted octanol–water partition coefficient (Wildman–Crippen LogP) is 1.02. The molecular formula is C9H14O3. The minimum Gasteiger partial charge on any atom is -0.466 e. The summed E-state index contributed by atoms with van der Waals surface area (Å²) in [4.78, 5) is 22.1. The van der Waals surface area contributed by atoms with E-state index in [0.29, 0.717) is 6.61 Å². The molecule has 1 saturated carbocycles. The van der Waals surface area contributed by atoms with Gasteiger partial charge in [-0.25, -0.2) is 0 Å². The van der Waals surface area contributed by atoms with Crippen molar-refractivity contribution in [3.8, 4) is 0 Å². The van der Waals surface area contributed by atoms with Crippen LogP contribution in [0.5, 0.6) is 0 Å². The van der Waals surface area contributed by atoms with E-state index < -0.39 is 0 Å². The fourth-order valence-electron chi connectivity index (χ4n) is 1.69. The van der Waals surface area contributed by atoms with E-state index in [0.717, 1.165) is 0 Å². The maximum absolute atomic E-state index is 11.2. The van der Waals surface area contributed by atoms with Gasteiger partial charge in [0.15, 0.2) is 0 Å². The molecule has 0 bridgehead atoms. The summed E-state index contributed by atoms with van der Waals surface area (Å²) in [6.07, 6.45) is 0. The maximum Gasteiger partial charge on any atom is 0.309 e. The zero-order chi connectivity index (χ0) is 9.30. The van der Waals surface area contributed by atoms with Crippen LogP contribution in [0, 0.1) is 17.8 Å². The highest BCUT2D eigenvalue weighted by Crippen LogP contribution is 2.47. The Kier molecular flexibility index (Phi) is 2.50. The lowest BCUT2D eigenvalue weighted by Crippen LogP contribution is -2.10. The molecule has 0 aliphatic heterocycles. The molecule has 0 N–H and O–H groups in total. The fourth-order valence-corrected chi connectivity index (χ4v) is 1.69. The molecule has 1 rings (SSSR count). The number of rotatable bonds is 3. The lowest BCUT2D eigenvalue weighted by atomic mass is 10.2. The quantitative estimate of drug-likeness (QED) is 0.594. The normalized spacial score (nSPS) is 32.8. The second kappa shape index (κ2) is 3.25. The van der Waals surface area contributed by atoms with Crippen molar-refractivity contribution in [3.63, 3.8) is 0 Å². The summed E-state index contributed by atoms with van der Waals surface area (Å²) in [5.74, 6) is -0.182. The third-order valence-electron chi connectivity index (χ3n) is 2.41. The summed E-state index contributed by atoms with van der Waals surface area (Å²) in [5, 5.41) is 0. The molecule has 0 aromatic heterocycles. The van der Waals surface area contributed by atoms with E-state index in [-0.39, 0.29) is 29.5 Å². The van der Waals surface area contributed by atoms with Gasteiger partial charge in [-0.3, -0.25) is 9.59 Å². The van der Waals surface area contributed by atoms with Gasteiger partial charge in [0, 0.05) is 5.92 Å². The van der Waals surface area contributed by atoms with E-state index >= 15 is 0 Å². The summed E-state index contributed by atoms with van der Waals surface area (Å²) in [7, 11) is 0. The lowest BCUT2D eigenvalue weighted by molar-refractivity contribution is -0.146. The molecule has 1 fully saturated rings. The third kappa shape index (κ3) is 1.49. The Balaban J connectivity index is 2.47. The monoisotopic (exact) mass is 170 g/mol. The van der Waals surface area contributed by atoms with Gasteiger partial charge in [-0.05, 0) is 19.8 Å². The van der Waals surface area contributed by atoms with Crippen LogP contribution in [0.3, 0.4) is 0 Å². The molecule has 3 heteroatoms. The molecule has 0 heterocycles. The average molecular weight is 170 g/mol. The molecule has 0 radical (unpaired) electrons. The Morgan fingerprint density at radius 2 is 1.92 bits per heavy atom. The molecule has 0 amide bonds. The van der Waals surface area contributed by atoms with Crippen molar-refractivity contribution in [3.05, 3.63) is 0 Å². The van der Waals surface area contributed by atoms with Gasteiger partial charge >= 0.3 is 5.97 Å². The van der Waals surface area contributed by atoms with Crippen molar-refractivity contribution in [1.29, 1.82) is 0 Å². The largest absolute Gasteiger partial charge is 0.466 e. The minimum absolute atomic E-state index is 0.0796. The molecule has 1 aliphatic rings. The first-order chi connectivity index (χ1) is 5.59. The molecule has 3 unspecified atom stereocenters. The van der Waals surface area contributed by atoms with E-state index in [1.807, 2.05) is 6.92 Å². The van der Waals surface area contributed by atoms with Crippen LogP contribution in [-0.4, -0.2) is 18.4 Å². The molecule has 12 heavy (non-hydrogen) atoms. The van der Waals surface area contributed by atoms with Gasteiger partial charge in [0.25, 0.3) is 0 Å². The van der Waals surface area contributed by atoms with Gasteiger partial charge in [-0.1, -0.05) is 6.92 Å². The van der Waals surface area contributed by atoms with E-state index in [1.54, 1.807) is 6.92 Å². The highest BCUT2D eigenvalue weighted by molar-refractivity contribution is 5.90. The van der Waals surface area contributed by atoms with Gasteiger partial charge in [0.05, 0.1) is 12.5 Å². The SMILES string of the molecule is CCOC(=O)C1C(C)C1C(C)=O. The Labute approximate surface area is 72.1 Å². The van der Waals surface area contributed by atoms with Gasteiger partial charge in [0.2, 0.25) is 0 Å². The van der Waals surface area contributed by atoms with Crippen molar-refractivity contribution in [2.45, 2.75) is 20.8 Å². The van der Waals surface area contributed by atoms with Gasteiger partial charge in [-0.15, -0.1) is 0 Å². The van der Waals surface area contributed by atoms with Gasteiger partial charge < -0.3 is 4.74 Å². The standard InChI is InChI=1S/C9H14O3/c1-4-12-9(11)8-5(2)7(8)6(3)10/h5,7-8H,4H2,1-3H3. The summed E-state index contributed by atoms with van der Waals surface area (Å²) in [6, 6.07) is 0. The van der Waals surface area contributed by atoms with Gasteiger partial charge in [-0.2, -0.15) is 0 Å². The molecule has 3 nitrogen and oxygen atoms in total. The van der Waals surface area contributed by atoms with Crippen LogP contribution in [0.1, 0.15) is 20.8 Å². The summed E-state index contributed by atoms with van der Waals surface area (Å²) in [5.41, 5.74) is 0. The number of carbonyl (C=O) groups excluding carboxylic acids is 2. The van der Waals surface area contributed by atoms with E-state index in [1.165, 1.54) is 6.92 Å². The molecule has 68 valence electrons. The second-order valence-electron chi connectivity index (χ2n) is 3.27. The number of carbonyl (C=O) groups is 2. The molecule has 3 atom stereocenters. The van der Waals surface area contributed by atoms with E-state index in [4.69, 9.17) is 4.74 Å². The first-order valence-electron chi connectivity index (χ1n) is 4.26.